The van der Waals surface area contributed by atoms with Gasteiger partial charge >= 0.3 is 5.97 Å². The molecule has 0 spiro atoms. The molecule has 4 aromatic rings. The van der Waals surface area contributed by atoms with Gasteiger partial charge in [-0.1, -0.05) is 0 Å². The van der Waals surface area contributed by atoms with E-state index in [1.54, 1.807) is 56.4 Å². The number of hydrogen-bond acceptors (Lipinski definition) is 7. The third-order valence-electron chi connectivity index (χ3n) is 6.60. The molecule has 2 heterocycles. The predicted molar refractivity (Wildman–Crippen MR) is 146 cm³/mol. The summed E-state index contributed by atoms with van der Waals surface area (Å²) >= 11 is 0. The molecule has 0 fully saturated rings. The molecule has 5 rings (SSSR count). The number of fused-ring (bicyclic) bond motifs is 1. The Hall–Kier alpha value is -4.79. The molecular formula is C30H29N3O6. The number of nitrogens with one attached hydrogen (secondary N) is 1. The van der Waals surface area contributed by atoms with Gasteiger partial charge in [-0.2, -0.15) is 5.10 Å². The van der Waals surface area contributed by atoms with Crippen molar-refractivity contribution in [3.8, 4) is 28.5 Å². The van der Waals surface area contributed by atoms with E-state index in [1.165, 1.54) is 0 Å². The van der Waals surface area contributed by atoms with E-state index in [4.69, 9.17) is 18.9 Å². The van der Waals surface area contributed by atoms with Gasteiger partial charge in [0.15, 0.2) is 0 Å². The maximum Gasteiger partial charge on any atom is 0.338 e. The number of anilines is 1. The van der Waals surface area contributed by atoms with E-state index in [0.29, 0.717) is 46.3 Å². The van der Waals surface area contributed by atoms with E-state index in [2.05, 4.69) is 10.2 Å². The molecule has 0 saturated heterocycles. The zero-order valence-corrected chi connectivity index (χ0v) is 22.2. The molecule has 1 aliphatic heterocycles. The van der Waals surface area contributed by atoms with Crippen LogP contribution in [0.1, 0.15) is 51.9 Å². The summed E-state index contributed by atoms with van der Waals surface area (Å²) in [7, 11) is 3.18. The lowest BCUT2D eigenvalue weighted by atomic mass is 9.94. The van der Waals surface area contributed by atoms with Crippen LogP contribution in [0.3, 0.4) is 0 Å². The largest absolute Gasteiger partial charge is 0.497 e. The van der Waals surface area contributed by atoms with Gasteiger partial charge in [0, 0.05) is 22.4 Å². The first-order valence-electron chi connectivity index (χ1n) is 12.6. The Labute approximate surface area is 226 Å². The number of methoxy groups -OCH3 is 2. The Morgan fingerprint density at radius 1 is 0.923 bits per heavy atom. The lowest BCUT2D eigenvalue weighted by molar-refractivity contribution is 0.0526. The van der Waals surface area contributed by atoms with Gasteiger partial charge in [-0.15, -0.1) is 0 Å². The normalized spacial score (nSPS) is 14.2. The molecule has 1 atom stereocenters. The van der Waals surface area contributed by atoms with Crippen LogP contribution < -0.4 is 19.1 Å². The van der Waals surface area contributed by atoms with Crippen molar-refractivity contribution in [3.63, 3.8) is 0 Å². The first-order chi connectivity index (χ1) is 19.0. The van der Waals surface area contributed by atoms with E-state index in [0.717, 1.165) is 16.9 Å². The van der Waals surface area contributed by atoms with Gasteiger partial charge < -0.3 is 18.9 Å². The predicted octanol–water partition coefficient (Wildman–Crippen LogP) is 5.42. The van der Waals surface area contributed by atoms with Crippen molar-refractivity contribution < 1.29 is 28.5 Å². The van der Waals surface area contributed by atoms with Crippen LogP contribution in [0.25, 0.3) is 11.3 Å². The fourth-order valence-electron chi connectivity index (χ4n) is 4.83. The Balaban J connectivity index is 1.66. The van der Waals surface area contributed by atoms with Crippen molar-refractivity contribution >= 4 is 17.6 Å². The summed E-state index contributed by atoms with van der Waals surface area (Å²) in [4.78, 5) is 27.8. The minimum atomic E-state index is -0.591. The number of benzene rings is 3. The molecule has 1 aliphatic rings. The molecule has 0 unspecified atom stereocenters. The number of rotatable bonds is 9. The van der Waals surface area contributed by atoms with Crippen molar-refractivity contribution in [1.29, 1.82) is 0 Å². The molecule has 9 nitrogen and oxygen atoms in total. The number of H-pyrrole nitrogens is 1. The van der Waals surface area contributed by atoms with Crippen LogP contribution in [0.5, 0.6) is 17.2 Å². The third kappa shape index (κ3) is 4.67. The topological polar surface area (TPSA) is 103 Å². The van der Waals surface area contributed by atoms with Gasteiger partial charge in [0.1, 0.15) is 22.9 Å². The number of nitrogens with zero attached hydrogens (tertiary/aromatic N) is 2. The third-order valence-corrected chi connectivity index (χ3v) is 6.60. The van der Waals surface area contributed by atoms with E-state index < -0.39 is 12.0 Å². The maximum atomic E-state index is 13.9. The Morgan fingerprint density at radius 3 is 2.28 bits per heavy atom. The average Bonchev–Trinajstić information content (AvgIpc) is 3.52. The van der Waals surface area contributed by atoms with Crippen LogP contribution >= 0.6 is 0 Å². The molecule has 1 N–H and O–H groups in total. The van der Waals surface area contributed by atoms with E-state index in [1.807, 2.05) is 43.3 Å². The van der Waals surface area contributed by atoms with Gasteiger partial charge in [-0.05, 0) is 80.6 Å². The van der Waals surface area contributed by atoms with E-state index >= 15 is 0 Å². The van der Waals surface area contributed by atoms with Crippen LogP contribution in [0.15, 0.2) is 66.7 Å². The Bertz CT molecular complexity index is 1490. The smallest absolute Gasteiger partial charge is 0.338 e. The van der Waals surface area contributed by atoms with Crippen LogP contribution in [0.4, 0.5) is 5.69 Å². The van der Waals surface area contributed by atoms with Crippen molar-refractivity contribution in [3.05, 3.63) is 89.1 Å². The van der Waals surface area contributed by atoms with Crippen molar-refractivity contribution in [1.82, 2.24) is 10.2 Å². The average molecular weight is 528 g/mol. The number of carbonyl (C=O) groups is 2. The number of aromatic amines is 1. The van der Waals surface area contributed by atoms with Crippen LogP contribution in [0.2, 0.25) is 0 Å². The highest BCUT2D eigenvalue weighted by Crippen LogP contribution is 2.48. The Morgan fingerprint density at radius 2 is 1.64 bits per heavy atom. The summed E-state index contributed by atoms with van der Waals surface area (Å²) in [6.45, 7) is 4.53. The summed E-state index contributed by atoms with van der Waals surface area (Å²) in [5, 5.41) is 7.51. The minimum absolute atomic E-state index is 0.256. The molecule has 0 radical (unpaired) electrons. The van der Waals surface area contributed by atoms with Gasteiger partial charge in [-0.3, -0.25) is 14.8 Å². The van der Waals surface area contributed by atoms with Crippen molar-refractivity contribution in [2.75, 3.05) is 32.3 Å². The zero-order chi connectivity index (χ0) is 27.5. The molecule has 39 heavy (non-hydrogen) atoms. The lowest BCUT2D eigenvalue weighted by Crippen LogP contribution is -2.29. The first-order valence-corrected chi connectivity index (χ1v) is 12.6. The highest BCUT2D eigenvalue weighted by Gasteiger charge is 2.44. The van der Waals surface area contributed by atoms with Crippen LogP contribution in [-0.2, 0) is 4.74 Å². The standard InChI is InChI=1S/C30H29N3O6/c1-5-38-21-13-9-18(10-14-21)26-25-27(32-31-26)29(34)33(20-11-7-19(8-12-20)30(35)39-6-2)28(25)23-17-22(36-3)15-16-24(23)37-4/h7-17,28H,5-6H2,1-4H3,(H,31,32)/t28-/m1/s1. The summed E-state index contributed by atoms with van der Waals surface area (Å²) in [5.41, 5.74) is 4.29. The summed E-state index contributed by atoms with van der Waals surface area (Å²) in [6, 6.07) is 19.3. The fraction of sp³-hybridized carbons (Fsp3) is 0.233. The number of esters is 1. The number of aromatic nitrogens is 2. The van der Waals surface area contributed by atoms with E-state index in [9.17, 15) is 9.59 Å². The van der Waals surface area contributed by atoms with Crippen molar-refractivity contribution in [2.24, 2.45) is 0 Å². The molecule has 1 amide bonds. The van der Waals surface area contributed by atoms with Gasteiger partial charge in [0.05, 0.1) is 44.7 Å². The first kappa shape index (κ1) is 25.8. The number of hydrogen-bond donors (Lipinski definition) is 1. The zero-order valence-electron chi connectivity index (χ0n) is 22.2. The summed E-state index contributed by atoms with van der Waals surface area (Å²) in [5.74, 6) is 1.28. The SMILES string of the molecule is CCOC(=O)c1ccc(N2C(=O)c3[nH]nc(-c4ccc(OCC)cc4)c3[C@H]2c2cc(OC)ccc2OC)cc1. The molecule has 0 saturated carbocycles. The molecule has 3 aromatic carbocycles. The van der Waals surface area contributed by atoms with Gasteiger partial charge in [0.25, 0.3) is 5.91 Å². The molecule has 200 valence electrons. The van der Waals surface area contributed by atoms with Crippen LogP contribution in [-0.4, -0.2) is 49.5 Å². The second-order valence-corrected chi connectivity index (χ2v) is 8.77. The highest BCUT2D eigenvalue weighted by atomic mass is 16.5. The van der Waals surface area contributed by atoms with Gasteiger partial charge in [-0.25, -0.2) is 4.79 Å². The summed E-state index contributed by atoms with van der Waals surface area (Å²) in [6.07, 6.45) is 0. The highest BCUT2D eigenvalue weighted by molar-refractivity contribution is 6.12. The van der Waals surface area contributed by atoms with E-state index in [-0.39, 0.29) is 12.5 Å². The minimum Gasteiger partial charge on any atom is -0.497 e. The Kier molecular flexibility index (Phi) is 7.23. The fourth-order valence-corrected chi connectivity index (χ4v) is 4.83. The molecule has 0 aliphatic carbocycles. The van der Waals surface area contributed by atoms with Crippen LogP contribution in [0, 0.1) is 0 Å². The maximum absolute atomic E-state index is 13.9. The second kappa shape index (κ2) is 10.9. The summed E-state index contributed by atoms with van der Waals surface area (Å²) < 4.78 is 22.0. The quantitative estimate of drug-likeness (QED) is 0.290. The molecule has 1 aromatic heterocycles. The number of ether oxygens (including phenoxy) is 4. The molecule has 9 heteroatoms. The molecule has 0 bridgehead atoms. The molecular weight excluding hydrogens is 498 g/mol. The lowest BCUT2D eigenvalue weighted by Gasteiger charge is -2.28. The van der Waals surface area contributed by atoms with Gasteiger partial charge in [0.2, 0.25) is 0 Å². The van der Waals surface area contributed by atoms with Crippen molar-refractivity contribution in [2.45, 2.75) is 19.9 Å². The number of amides is 1. The monoisotopic (exact) mass is 527 g/mol. The second-order valence-electron chi connectivity index (χ2n) is 8.77. The number of carbonyl (C=O) groups excluding carboxylic acids is 2.